The molecule has 4 nitrogen and oxygen atoms in total. The third-order valence-electron chi connectivity index (χ3n) is 5.75. The summed E-state index contributed by atoms with van der Waals surface area (Å²) in [5.41, 5.74) is -0.238. The molecule has 1 N–H and O–H groups in total. The molecular weight excluding hydrogens is 355 g/mol. The number of amides is 2. The number of nitrogens with one attached hydrogen (secondary N) is 1. The van der Waals surface area contributed by atoms with Gasteiger partial charge in [0.05, 0.1) is 0 Å². The summed E-state index contributed by atoms with van der Waals surface area (Å²) in [7, 11) is 0. The van der Waals surface area contributed by atoms with Crippen LogP contribution in [0, 0.1) is 5.82 Å². The molecule has 1 aliphatic heterocycles. The van der Waals surface area contributed by atoms with Crippen LogP contribution in [0.15, 0.2) is 18.2 Å². The minimum atomic E-state index is -0.888. The van der Waals surface area contributed by atoms with Crippen molar-refractivity contribution in [2.45, 2.75) is 76.4 Å². The van der Waals surface area contributed by atoms with Crippen molar-refractivity contribution in [3.8, 4) is 0 Å². The number of rotatable bonds is 4. The van der Waals surface area contributed by atoms with E-state index in [0.29, 0.717) is 18.4 Å². The van der Waals surface area contributed by atoms with Crippen LogP contribution in [0.3, 0.4) is 0 Å². The SMILES string of the molecule is C[C@@]1(C(=O)NC2CCCCCC2)CCC(=O)N1Cc1ccc(F)cc1Cl. The largest absolute Gasteiger partial charge is 0.351 e. The topological polar surface area (TPSA) is 49.4 Å². The van der Waals surface area contributed by atoms with E-state index in [1.165, 1.54) is 25.0 Å². The van der Waals surface area contributed by atoms with Crippen LogP contribution in [0.4, 0.5) is 4.39 Å². The Bertz CT molecular complexity index is 688. The van der Waals surface area contributed by atoms with Crippen LogP contribution in [0.25, 0.3) is 0 Å². The number of likely N-dealkylation sites (tertiary alicyclic amines) is 1. The van der Waals surface area contributed by atoms with Crippen molar-refractivity contribution < 1.29 is 14.0 Å². The summed E-state index contributed by atoms with van der Waals surface area (Å²) in [6, 6.07) is 4.33. The summed E-state index contributed by atoms with van der Waals surface area (Å²) >= 11 is 6.12. The van der Waals surface area contributed by atoms with Gasteiger partial charge in [0.1, 0.15) is 11.4 Å². The monoisotopic (exact) mass is 380 g/mol. The maximum Gasteiger partial charge on any atom is 0.245 e. The number of nitrogens with zero attached hydrogens (tertiary/aromatic N) is 1. The fourth-order valence-electron chi connectivity index (χ4n) is 3.98. The molecule has 0 spiro atoms. The molecule has 1 aliphatic carbocycles. The lowest BCUT2D eigenvalue weighted by Gasteiger charge is -2.35. The maximum absolute atomic E-state index is 13.3. The first-order valence-corrected chi connectivity index (χ1v) is 9.83. The van der Waals surface area contributed by atoms with E-state index >= 15 is 0 Å². The molecule has 0 aromatic heterocycles. The Morgan fingerprint density at radius 3 is 2.65 bits per heavy atom. The fraction of sp³-hybridized carbons (Fsp3) is 0.600. The molecule has 1 heterocycles. The highest BCUT2D eigenvalue weighted by atomic mass is 35.5. The Kier molecular flexibility index (Phi) is 5.86. The third-order valence-corrected chi connectivity index (χ3v) is 6.10. The lowest BCUT2D eigenvalue weighted by Crippen LogP contribution is -2.56. The first kappa shape index (κ1) is 19.2. The van der Waals surface area contributed by atoms with Crippen molar-refractivity contribution in [1.82, 2.24) is 10.2 Å². The molecule has 1 saturated heterocycles. The van der Waals surface area contributed by atoms with E-state index in [0.717, 1.165) is 25.7 Å². The Labute approximate surface area is 159 Å². The van der Waals surface area contributed by atoms with Gasteiger partial charge in [-0.2, -0.15) is 0 Å². The van der Waals surface area contributed by atoms with E-state index in [1.807, 2.05) is 6.92 Å². The van der Waals surface area contributed by atoms with Crippen LogP contribution in [0.1, 0.15) is 63.9 Å². The predicted octanol–water partition coefficient (Wildman–Crippen LogP) is 4.20. The van der Waals surface area contributed by atoms with Gasteiger partial charge in [-0.1, -0.05) is 43.4 Å². The highest BCUT2D eigenvalue weighted by molar-refractivity contribution is 6.31. The van der Waals surface area contributed by atoms with Gasteiger partial charge in [0, 0.05) is 24.0 Å². The first-order chi connectivity index (χ1) is 12.4. The van der Waals surface area contributed by atoms with E-state index in [-0.39, 0.29) is 29.4 Å². The Morgan fingerprint density at radius 2 is 2.00 bits per heavy atom. The van der Waals surface area contributed by atoms with Crippen molar-refractivity contribution in [1.29, 1.82) is 0 Å². The zero-order valence-electron chi connectivity index (χ0n) is 15.2. The molecule has 1 aromatic carbocycles. The Balaban J connectivity index is 1.75. The number of hydrogen-bond acceptors (Lipinski definition) is 2. The smallest absolute Gasteiger partial charge is 0.245 e. The second-order valence-corrected chi connectivity index (χ2v) is 8.06. The van der Waals surface area contributed by atoms with Crippen LogP contribution in [-0.4, -0.2) is 28.3 Å². The zero-order valence-corrected chi connectivity index (χ0v) is 15.9. The molecule has 0 unspecified atom stereocenters. The van der Waals surface area contributed by atoms with Crippen molar-refractivity contribution >= 4 is 23.4 Å². The number of carbonyl (C=O) groups excluding carboxylic acids is 2. The van der Waals surface area contributed by atoms with Gasteiger partial charge >= 0.3 is 0 Å². The van der Waals surface area contributed by atoms with Crippen LogP contribution >= 0.6 is 11.6 Å². The van der Waals surface area contributed by atoms with E-state index < -0.39 is 11.4 Å². The summed E-state index contributed by atoms with van der Waals surface area (Å²) < 4.78 is 13.3. The summed E-state index contributed by atoms with van der Waals surface area (Å²) in [5.74, 6) is -0.572. The van der Waals surface area contributed by atoms with Gasteiger partial charge in [0.25, 0.3) is 0 Å². The number of benzene rings is 1. The fourth-order valence-corrected chi connectivity index (χ4v) is 4.21. The minimum Gasteiger partial charge on any atom is -0.351 e. The molecule has 1 saturated carbocycles. The quantitative estimate of drug-likeness (QED) is 0.796. The van der Waals surface area contributed by atoms with E-state index in [1.54, 1.807) is 11.0 Å². The molecule has 2 fully saturated rings. The number of halogens is 2. The van der Waals surface area contributed by atoms with Crippen LogP contribution in [0.2, 0.25) is 5.02 Å². The molecule has 2 aliphatic rings. The maximum atomic E-state index is 13.3. The van der Waals surface area contributed by atoms with Crippen molar-refractivity contribution in [2.75, 3.05) is 0 Å². The first-order valence-electron chi connectivity index (χ1n) is 9.45. The molecule has 142 valence electrons. The lowest BCUT2D eigenvalue weighted by atomic mass is 9.95. The second-order valence-electron chi connectivity index (χ2n) is 7.65. The van der Waals surface area contributed by atoms with Gasteiger partial charge in [-0.05, 0) is 43.9 Å². The van der Waals surface area contributed by atoms with E-state index in [4.69, 9.17) is 11.6 Å². The standard InChI is InChI=1S/C20H26ClFN2O2/c1-20(19(26)23-16-6-4-2-3-5-7-16)11-10-18(25)24(20)13-14-8-9-15(22)12-17(14)21/h8-9,12,16H,2-7,10-11,13H2,1H3,(H,23,26)/t20-/m0/s1. The van der Waals surface area contributed by atoms with Crippen LogP contribution in [0.5, 0.6) is 0 Å². The molecule has 1 aromatic rings. The van der Waals surface area contributed by atoms with Gasteiger partial charge < -0.3 is 10.2 Å². The van der Waals surface area contributed by atoms with Crippen molar-refractivity contribution in [3.05, 3.63) is 34.6 Å². The highest BCUT2D eigenvalue weighted by Crippen LogP contribution is 2.34. The predicted molar refractivity (Wildman–Crippen MR) is 99.2 cm³/mol. The van der Waals surface area contributed by atoms with Gasteiger partial charge in [0.2, 0.25) is 11.8 Å². The lowest BCUT2D eigenvalue weighted by molar-refractivity contribution is -0.141. The molecule has 26 heavy (non-hydrogen) atoms. The highest BCUT2D eigenvalue weighted by Gasteiger charge is 2.47. The van der Waals surface area contributed by atoms with Gasteiger partial charge in [0.15, 0.2) is 0 Å². The molecule has 0 radical (unpaired) electrons. The average Bonchev–Trinajstić information content (AvgIpc) is 2.78. The van der Waals surface area contributed by atoms with Gasteiger partial charge in [-0.3, -0.25) is 9.59 Å². The average molecular weight is 381 g/mol. The normalized spacial score (nSPS) is 24.6. The summed E-state index contributed by atoms with van der Waals surface area (Å²) in [6.45, 7) is 2.04. The summed E-state index contributed by atoms with van der Waals surface area (Å²) in [5, 5.41) is 3.45. The molecule has 0 bridgehead atoms. The Hall–Kier alpha value is -1.62. The van der Waals surface area contributed by atoms with Crippen molar-refractivity contribution in [2.24, 2.45) is 0 Å². The van der Waals surface area contributed by atoms with Gasteiger partial charge in [-0.25, -0.2) is 4.39 Å². The zero-order chi connectivity index (χ0) is 18.7. The molecule has 1 atom stereocenters. The molecule has 6 heteroatoms. The summed E-state index contributed by atoms with van der Waals surface area (Å²) in [6.07, 6.45) is 7.54. The third kappa shape index (κ3) is 4.03. The van der Waals surface area contributed by atoms with Crippen LogP contribution < -0.4 is 5.32 Å². The van der Waals surface area contributed by atoms with Gasteiger partial charge in [-0.15, -0.1) is 0 Å². The number of hydrogen-bond donors (Lipinski definition) is 1. The summed E-state index contributed by atoms with van der Waals surface area (Å²) in [4.78, 5) is 27.1. The molecule has 3 rings (SSSR count). The second kappa shape index (κ2) is 7.95. The Morgan fingerprint density at radius 1 is 1.31 bits per heavy atom. The minimum absolute atomic E-state index is 0.0658. The molecular formula is C20H26ClFN2O2. The number of carbonyl (C=O) groups is 2. The van der Waals surface area contributed by atoms with E-state index in [2.05, 4.69) is 5.32 Å². The van der Waals surface area contributed by atoms with Crippen LogP contribution in [-0.2, 0) is 16.1 Å². The van der Waals surface area contributed by atoms with E-state index in [9.17, 15) is 14.0 Å². The van der Waals surface area contributed by atoms with Crippen molar-refractivity contribution in [3.63, 3.8) is 0 Å². The molecule has 2 amide bonds.